The van der Waals surface area contributed by atoms with Gasteiger partial charge in [-0.1, -0.05) is 0 Å². The van der Waals surface area contributed by atoms with Gasteiger partial charge in [-0.2, -0.15) is 4.31 Å². The zero-order chi connectivity index (χ0) is 16.0. The molecule has 0 N–H and O–H groups in total. The lowest BCUT2D eigenvalue weighted by atomic mass is 9.96. The molecule has 0 radical (unpaired) electrons. The summed E-state index contributed by atoms with van der Waals surface area (Å²) in [5, 5.41) is 0. The predicted octanol–water partition coefficient (Wildman–Crippen LogP) is 1.34. The molecule has 2 aliphatic heterocycles. The van der Waals surface area contributed by atoms with Crippen LogP contribution in [0, 0.1) is 0 Å². The van der Waals surface area contributed by atoms with Crippen molar-refractivity contribution in [1.29, 1.82) is 0 Å². The molecule has 22 heavy (non-hydrogen) atoms. The molecule has 1 aromatic rings. The summed E-state index contributed by atoms with van der Waals surface area (Å²) in [7, 11) is -1.93. The fourth-order valence-electron chi connectivity index (χ4n) is 3.20. The van der Waals surface area contributed by atoms with Crippen molar-refractivity contribution in [3.05, 3.63) is 18.3 Å². The van der Waals surface area contributed by atoms with Crippen molar-refractivity contribution in [2.24, 2.45) is 0 Å². The maximum absolute atomic E-state index is 12.7. The van der Waals surface area contributed by atoms with Crippen molar-refractivity contribution in [3.63, 3.8) is 0 Å². The van der Waals surface area contributed by atoms with Crippen LogP contribution < -0.4 is 4.74 Å². The molecule has 1 spiro atoms. The highest BCUT2D eigenvalue weighted by Gasteiger charge is 2.59. The zero-order valence-corrected chi connectivity index (χ0v) is 14.1. The van der Waals surface area contributed by atoms with Gasteiger partial charge in [0.1, 0.15) is 4.90 Å². The number of likely N-dealkylation sites (tertiary alicyclic amines) is 1. The summed E-state index contributed by atoms with van der Waals surface area (Å²) in [6, 6.07) is 3.67. The Labute approximate surface area is 132 Å². The number of ether oxygens (including phenoxy) is 1. The van der Waals surface area contributed by atoms with Crippen molar-refractivity contribution in [1.82, 2.24) is 14.2 Å². The Morgan fingerprint density at radius 2 is 1.95 bits per heavy atom. The summed E-state index contributed by atoms with van der Waals surface area (Å²) in [4.78, 5) is 6.66. The molecule has 3 heterocycles. The fraction of sp³-hybridized carbons (Fsp3) is 0.667. The van der Waals surface area contributed by atoms with Crippen LogP contribution in [0.3, 0.4) is 0 Å². The summed E-state index contributed by atoms with van der Waals surface area (Å²) >= 11 is 0. The molecule has 2 saturated heterocycles. The molecule has 0 amide bonds. The molecule has 6 nitrogen and oxygen atoms in total. The third kappa shape index (κ3) is 2.61. The summed E-state index contributed by atoms with van der Waals surface area (Å²) in [5.74, 6) is 0.421. The smallest absolute Gasteiger partial charge is 0.245 e. The largest absolute Gasteiger partial charge is 0.481 e. The molecule has 7 heteroatoms. The SMILES string of the molecule is COc1ccc(S(=O)(=O)N2CC23CCN(C(C)C)CC3)cn1. The first-order valence-electron chi connectivity index (χ1n) is 7.66. The van der Waals surface area contributed by atoms with Gasteiger partial charge in [0.2, 0.25) is 15.9 Å². The van der Waals surface area contributed by atoms with Crippen molar-refractivity contribution in [2.45, 2.75) is 43.2 Å². The van der Waals surface area contributed by atoms with Gasteiger partial charge in [-0.15, -0.1) is 0 Å². The second-order valence-electron chi connectivity index (χ2n) is 6.40. The van der Waals surface area contributed by atoms with Crippen molar-refractivity contribution < 1.29 is 13.2 Å². The fourth-order valence-corrected chi connectivity index (χ4v) is 4.99. The van der Waals surface area contributed by atoms with Gasteiger partial charge in [-0.25, -0.2) is 13.4 Å². The molecule has 0 bridgehead atoms. The molecule has 122 valence electrons. The van der Waals surface area contributed by atoms with Gasteiger partial charge in [0, 0.05) is 31.7 Å². The van der Waals surface area contributed by atoms with Crippen LogP contribution in [-0.4, -0.2) is 60.9 Å². The van der Waals surface area contributed by atoms with Gasteiger partial charge in [0.25, 0.3) is 0 Å². The van der Waals surface area contributed by atoms with Gasteiger partial charge in [0.15, 0.2) is 0 Å². The third-order valence-corrected chi connectivity index (χ3v) is 6.76. The molecule has 1 unspecified atom stereocenters. The normalized spacial score (nSPS) is 24.6. The number of nitrogens with zero attached hydrogens (tertiary/aromatic N) is 3. The molecule has 2 aliphatic rings. The lowest BCUT2D eigenvalue weighted by Crippen LogP contribution is -2.43. The van der Waals surface area contributed by atoms with E-state index in [0.29, 0.717) is 18.5 Å². The van der Waals surface area contributed by atoms with Crippen LogP contribution in [0.25, 0.3) is 0 Å². The Balaban J connectivity index is 1.73. The van der Waals surface area contributed by atoms with Crippen LogP contribution in [0.4, 0.5) is 0 Å². The lowest BCUT2D eigenvalue weighted by molar-refractivity contribution is 0.156. The molecular weight excluding hydrogens is 302 g/mol. The minimum absolute atomic E-state index is 0.163. The number of hydrogen-bond donors (Lipinski definition) is 0. The monoisotopic (exact) mass is 325 g/mol. The van der Waals surface area contributed by atoms with E-state index < -0.39 is 10.0 Å². The van der Waals surface area contributed by atoms with Crippen LogP contribution in [0.1, 0.15) is 26.7 Å². The molecule has 0 aliphatic carbocycles. The zero-order valence-electron chi connectivity index (χ0n) is 13.3. The Hall–Kier alpha value is -1.18. The standard InChI is InChI=1S/C15H23N3O3S/c1-12(2)17-8-6-15(7-9-17)11-18(15)22(19,20)13-4-5-14(21-3)16-10-13/h4-5,10,12H,6-9,11H2,1-3H3. The Morgan fingerprint density at radius 3 is 2.45 bits per heavy atom. The van der Waals surface area contributed by atoms with E-state index in [1.54, 1.807) is 16.4 Å². The number of aromatic nitrogens is 1. The molecule has 2 fully saturated rings. The highest BCUT2D eigenvalue weighted by Crippen LogP contribution is 2.46. The molecule has 3 rings (SSSR count). The van der Waals surface area contributed by atoms with Gasteiger partial charge in [-0.3, -0.25) is 0 Å². The van der Waals surface area contributed by atoms with Crippen LogP contribution in [-0.2, 0) is 10.0 Å². The number of rotatable bonds is 4. The number of sulfonamides is 1. The molecule has 1 atom stereocenters. The Bertz CT molecular complexity index is 635. The van der Waals surface area contributed by atoms with E-state index in [0.717, 1.165) is 25.9 Å². The van der Waals surface area contributed by atoms with Crippen molar-refractivity contribution in [3.8, 4) is 5.88 Å². The van der Waals surface area contributed by atoms with Crippen LogP contribution in [0.2, 0.25) is 0 Å². The molecule has 0 saturated carbocycles. The first kappa shape index (κ1) is 15.7. The van der Waals surface area contributed by atoms with E-state index in [-0.39, 0.29) is 10.4 Å². The average Bonchev–Trinajstić information content (AvgIpc) is 3.22. The number of pyridine rings is 1. The Morgan fingerprint density at radius 1 is 1.27 bits per heavy atom. The minimum atomic E-state index is -3.44. The second kappa shape index (κ2) is 5.47. The average molecular weight is 325 g/mol. The van der Waals surface area contributed by atoms with E-state index >= 15 is 0 Å². The van der Waals surface area contributed by atoms with Crippen LogP contribution in [0.15, 0.2) is 23.2 Å². The second-order valence-corrected chi connectivity index (χ2v) is 8.26. The first-order chi connectivity index (χ1) is 10.4. The van der Waals surface area contributed by atoms with Crippen molar-refractivity contribution >= 4 is 10.0 Å². The number of hydrogen-bond acceptors (Lipinski definition) is 5. The maximum atomic E-state index is 12.7. The molecule has 1 aromatic heterocycles. The van der Waals surface area contributed by atoms with Gasteiger partial charge < -0.3 is 9.64 Å². The lowest BCUT2D eigenvalue weighted by Gasteiger charge is -2.34. The summed E-state index contributed by atoms with van der Waals surface area (Å²) in [5.41, 5.74) is -0.163. The number of methoxy groups -OCH3 is 1. The van der Waals surface area contributed by atoms with E-state index in [1.807, 2.05) is 0 Å². The first-order valence-corrected chi connectivity index (χ1v) is 9.10. The van der Waals surface area contributed by atoms with Crippen LogP contribution in [0.5, 0.6) is 5.88 Å². The quantitative estimate of drug-likeness (QED) is 0.782. The highest BCUT2D eigenvalue weighted by atomic mass is 32.2. The van der Waals surface area contributed by atoms with Gasteiger partial charge >= 0.3 is 0 Å². The summed E-state index contributed by atoms with van der Waals surface area (Å²) < 4.78 is 32.0. The topological polar surface area (TPSA) is 62.5 Å². The third-order valence-electron chi connectivity index (χ3n) is 4.83. The highest BCUT2D eigenvalue weighted by molar-refractivity contribution is 7.89. The summed E-state index contributed by atoms with van der Waals surface area (Å²) in [6.07, 6.45) is 3.20. The van der Waals surface area contributed by atoms with Gasteiger partial charge in [0.05, 0.1) is 18.8 Å². The van der Waals surface area contributed by atoms with Gasteiger partial charge in [-0.05, 0) is 32.8 Å². The van der Waals surface area contributed by atoms with E-state index in [1.165, 1.54) is 13.3 Å². The van der Waals surface area contributed by atoms with Crippen molar-refractivity contribution in [2.75, 3.05) is 26.7 Å². The summed E-state index contributed by atoms with van der Waals surface area (Å²) in [6.45, 7) is 6.92. The van der Waals surface area contributed by atoms with E-state index in [9.17, 15) is 8.42 Å². The molecular formula is C15H23N3O3S. The number of piperidine rings is 1. The molecule has 0 aromatic carbocycles. The predicted molar refractivity (Wildman–Crippen MR) is 83.4 cm³/mol. The van der Waals surface area contributed by atoms with Crippen LogP contribution >= 0.6 is 0 Å². The maximum Gasteiger partial charge on any atom is 0.245 e. The minimum Gasteiger partial charge on any atom is -0.481 e. The Kier molecular flexibility index (Phi) is 3.91. The van der Waals surface area contributed by atoms with E-state index in [4.69, 9.17) is 4.74 Å². The van der Waals surface area contributed by atoms with E-state index in [2.05, 4.69) is 23.7 Å².